The minimum atomic E-state index is -1.12. The van der Waals surface area contributed by atoms with Crippen molar-refractivity contribution in [2.24, 2.45) is 5.92 Å². The van der Waals surface area contributed by atoms with E-state index in [1.165, 1.54) is 0 Å². The highest BCUT2D eigenvalue weighted by molar-refractivity contribution is 6.33. The fraction of sp³-hybridized carbons (Fsp3) is 0.545. The molecule has 0 amide bonds. The minimum absolute atomic E-state index is 0.0906. The molecule has 0 aliphatic heterocycles. The number of rotatable bonds is 3. The first-order valence-electron chi connectivity index (χ1n) is 5.03. The van der Waals surface area contributed by atoms with Gasteiger partial charge in [-0.15, -0.1) is 0 Å². The predicted molar refractivity (Wildman–Crippen MR) is 64.8 cm³/mol. The largest absolute Gasteiger partial charge is 0.390 e. The molecule has 0 aromatic carbocycles. The average molecular weight is 264 g/mol. The third-order valence-electron chi connectivity index (χ3n) is 2.42. The highest BCUT2D eigenvalue weighted by Crippen LogP contribution is 2.30. The van der Waals surface area contributed by atoms with Crippen LogP contribution in [0.5, 0.6) is 0 Å². The number of halogens is 2. The maximum atomic E-state index is 9.93. The van der Waals surface area contributed by atoms with Crippen molar-refractivity contribution in [3.8, 4) is 0 Å². The zero-order valence-electron chi connectivity index (χ0n) is 9.41. The van der Waals surface area contributed by atoms with Crippen LogP contribution in [0, 0.1) is 12.8 Å². The highest BCUT2D eigenvalue weighted by Gasteiger charge is 2.25. The molecule has 0 aliphatic rings. The SMILES string of the molecule is Cc1cc(Cl)nc(C(O)C(O)C(C)C)c1Cl. The predicted octanol–water partition coefficient (Wildman–Crippen LogP) is 2.75. The van der Waals surface area contributed by atoms with Crippen molar-refractivity contribution in [3.05, 3.63) is 27.5 Å². The minimum Gasteiger partial charge on any atom is -0.390 e. The maximum Gasteiger partial charge on any atom is 0.129 e. The summed E-state index contributed by atoms with van der Waals surface area (Å²) in [5.74, 6) is -0.0906. The summed E-state index contributed by atoms with van der Waals surface area (Å²) in [5, 5.41) is 20.3. The fourth-order valence-electron chi connectivity index (χ4n) is 1.36. The second-order valence-electron chi connectivity index (χ2n) is 4.14. The van der Waals surface area contributed by atoms with Gasteiger partial charge in [0.05, 0.1) is 16.8 Å². The molecule has 0 bridgehead atoms. The Morgan fingerprint density at radius 1 is 1.25 bits per heavy atom. The maximum absolute atomic E-state index is 9.93. The van der Waals surface area contributed by atoms with Gasteiger partial charge in [0.25, 0.3) is 0 Å². The van der Waals surface area contributed by atoms with Gasteiger partial charge in [0.1, 0.15) is 11.3 Å². The van der Waals surface area contributed by atoms with E-state index in [4.69, 9.17) is 23.2 Å². The lowest BCUT2D eigenvalue weighted by Crippen LogP contribution is -2.25. The van der Waals surface area contributed by atoms with Crippen molar-refractivity contribution in [2.45, 2.75) is 33.0 Å². The summed E-state index contributed by atoms with van der Waals surface area (Å²) < 4.78 is 0. The number of aliphatic hydroxyl groups is 2. The van der Waals surface area contributed by atoms with Crippen LogP contribution >= 0.6 is 23.2 Å². The van der Waals surface area contributed by atoms with Gasteiger partial charge in [0, 0.05) is 0 Å². The van der Waals surface area contributed by atoms with E-state index < -0.39 is 12.2 Å². The Labute approximate surface area is 105 Å². The summed E-state index contributed by atoms with van der Waals surface area (Å²) in [6.07, 6.45) is -2.03. The van der Waals surface area contributed by atoms with Crippen LogP contribution in [0.2, 0.25) is 10.2 Å². The van der Waals surface area contributed by atoms with Crippen molar-refractivity contribution in [1.82, 2.24) is 4.98 Å². The Morgan fingerprint density at radius 3 is 2.31 bits per heavy atom. The molecule has 0 radical (unpaired) electrons. The zero-order valence-corrected chi connectivity index (χ0v) is 10.9. The number of aliphatic hydroxyl groups excluding tert-OH is 2. The lowest BCUT2D eigenvalue weighted by atomic mass is 9.99. The summed E-state index contributed by atoms with van der Waals surface area (Å²) in [4.78, 5) is 3.96. The van der Waals surface area contributed by atoms with Gasteiger partial charge in [0.2, 0.25) is 0 Å². The molecule has 0 saturated carbocycles. The second kappa shape index (κ2) is 5.32. The first kappa shape index (κ1) is 13.7. The topological polar surface area (TPSA) is 53.4 Å². The van der Waals surface area contributed by atoms with Gasteiger partial charge in [-0.2, -0.15) is 0 Å². The second-order valence-corrected chi connectivity index (χ2v) is 4.91. The molecule has 1 aromatic rings. The Hall–Kier alpha value is -0.350. The van der Waals surface area contributed by atoms with E-state index in [0.29, 0.717) is 5.02 Å². The molecule has 1 heterocycles. The van der Waals surface area contributed by atoms with Gasteiger partial charge in [0.15, 0.2) is 0 Å². The molecule has 90 valence electrons. The summed E-state index contributed by atoms with van der Waals surface area (Å²) in [6, 6.07) is 1.61. The number of aromatic nitrogens is 1. The van der Waals surface area contributed by atoms with Gasteiger partial charge < -0.3 is 10.2 Å². The molecule has 3 nitrogen and oxygen atoms in total. The first-order valence-corrected chi connectivity index (χ1v) is 5.78. The van der Waals surface area contributed by atoms with E-state index in [0.717, 1.165) is 5.56 Å². The number of pyridine rings is 1. The van der Waals surface area contributed by atoms with Gasteiger partial charge >= 0.3 is 0 Å². The van der Waals surface area contributed by atoms with Crippen LogP contribution in [0.3, 0.4) is 0 Å². The molecular weight excluding hydrogens is 249 g/mol. The molecule has 2 unspecified atom stereocenters. The molecule has 5 heteroatoms. The molecule has 16 heavy (non-hydrogen) atoms. The molecule has 2 atom stereocenters. The average Bonchev–Trinajstić information content (AvgIpc) is 2.21. The molecule has 0 fully saturated rings. The third-order valence-corrected chi connectivity index (χ3v) is 3.11. The standard InChI is InChI=1S/C11H15Cl2NO2/c1-5(2)10(15)11(16)9-8(13)6(3)4-7(12)14-9/h4-5,10-11,15-16H,1-3H3. The van der Waals surface area contributed by atoms with Crippen molar-refractivity contribution in [1.29, 1.82) is 0 Å². The molecule has 0 spiro atoms. The Balaban J connectivity index is 3.13. The number of nitrogens with zero attached hydrogens (tertiary/aromatic N) is 1. The Morgan fingerprint density at radius 2 is 1.81 bits per heavy atom. The molecule has 1 aromatic heterocycles. The van der Waals surface area contributed by atoms with Gasteiger partial charge in [-0.3, -0.25) is 0 Å². The zero-order chi connectivity index (χ0) is 12.5. The van der Waals surface area contributed by atoms with Crippen LogP contribution in [0.4, 0.5) is 0 Å². The molecule has 0 saturated heterocycles. The molecule has 1 rings (SSSR count). The quantitative estimate of drug-likeness (QED) is 0.825. The van der Waals surface area contributed by atoms with E-state index in [1.807, 2.05) is 0 Å². The van der Waals surface area contributed by atoms with Crippen LogP contribution in [0.1, 0.15) is 31.2 Å². The lowest BCUT2D eigenvalue weighted by Gasteiger charge is -2.22. The number of aryl methyl sites for hydroxylation is 1. The van der Waals surface area contributed by atoms with Gasteiger partial charge in [-0.25, -0.2) is 4.98 Å². The number of hydrogen-bond donors (Lipinski definition) is 2. The lowest BCUT2D eigenvalue weighted by molar-refractivity contribution is -0.0116. The van der Waals surface area contributed by atoms with Crippen molar-refractivity contribution in [3.63, 3.8) is 0 Å². The van der Waals surface area contributed by atoms with Gasteiger partial charge in [-0.1, -0.05) is 37.0 Å². The summed E-state index contributed by atoms with van der Waals surface area (Å²) in [6.45, 7) is 5.38. The molecule has 2 N–H and O–H groups in total. The Kier molecular flexibility index (Phi) is 4.56. The van der Waals surface area contributed by atoms with E-state index in [1.54, 1.807) is 26.8 Å². The normalized spacial score (nSPS) is 15.2. The van der Waals surface area contributed by atoms with Crippen molar-refractivity contribution < 1.29 is 10.2 Å². The van der Waals surface area contributed by atoms with Crippen molar-refractivity contribution in [2.75, 3.05) is 0 Å². The van der Waals surface area contributed by atoms with Crippen molar-refractivity contribution >= 4 is 23.2 Å². The highest BCUT2D eigenvalue weighted by atomic mass is 35.5. The van der Waals surface area contributed by atoms with E-state index in [-0.39, 0.29) is 16.8 Å². The summed E-state index contributed by atoms with van der Waals surface area (Å²) >= 11 is 11.8. The van der Waals surface area contributed by atoms with Crippen LogP contribution in [-0.2, 0) is 0 Å². The fourth-order valence-corrected chi connectivity index (χ4v) is 1.83. The van der Waals surface area contributed by atoms with E-state index in [2.05, 4.69) is 4.98 Å². The number of hydrogen-bond acceptors (Lipinski definition) is 3. The summed E-state index contributed by atoms with van der Waals surface area (Å²) in [7, 11) is 0. The van der Waals surface area contributed by atoms with E-state index >= 15 is 0 Å². The third kappa shape index (κ3) is 2.86. The van der Waals surface area contributed by atoms with Crippen LogP contribution in [0.15, 0.2) is 6.07 Å². The molecule has 0 aliphatic carbocycles. The van der Waals surface area contributed by atoms with Gasteiger partial charge in [-0.05, 0) is 24.5 Å². The van der Waals surface area contributed by atoms with Crippen LogP contribution < -0.4 is 0 Å². The Bertz CT molecular complexity index is 382. The van der Waals surface area contributed by atoms with Crippen LogP contribution in [-0.4, -0.2) is 21.3 Å². The molecular formula is C11H15Cl2NO2. The van der Waals surface area contributed by atoms with E-state index in [9.17, 15) is 10.2 Å². The monoisotopic (exact) mass is 263 g/mol. The van der Waals surface area contributed by atoms with Crippen LogP contribution in [0.25, 0.3) is 0 Å². The smallest absolute Gasteiger partial charge is 0.129 e. The summed E-state index contributed by atoms with van der Waals surface area (Å²) in [5.41, 5.74) is 0.958. The first-order chi connectivity index (χ1) is 7.34.